The number of anilines is 1. The molecule has 5 rings (SSSR count). The van der Waals surface area contributed by atoms with Crippen LogP contribution in [-0.2, 0) is 18.3 Å². The van der Waals surface area contributed by atoms with Crippen molar-refractivity contribution in [3.05, 3.63) is 54.1 Å². The Bertz CT molecular complexity index is 1100. The molecule has 0 aliphatic carbocycles. The Morgan fingerprint density at radius 1 is 1.13 bits per heavy atom. The third-order valence-electron chi connectivity index (χ3n) is 5.81. The van der Waals surface area contributed by atoms with Gasteiger partial charge >= 0.3 is 0 Å². The molecule has 0 spiro atoms. The molecular formula is C22H25N7O. The molecule has 2 aromatic heterocycles. The first-order chi connectivity index (χ1) is 14.7. The molecule has 3 aromatic rings. The van der Waals surface area contributed by atoms with Crippen LogP contribution < -0.4 is 10.6 Å². The number of piperidine rings is 1. The maximum absolute atomic E-state index is 13.1. The molecular weight excluding hydrogens is 378 g/mol. The topological polar surface area (TPSA) is 89.1 Å². The van der Waals surface area contributed by atoms with Gasteiger partial charge in [-0.2, -0.15) is 10.2 Å². The summed E-state index contributed by atoms with van der Waals surface area (Å²) < 4.78 is 3.74. The van der Waals surface area contributed by atoms with Crippen LogP contribution in [0.3, 0.4) is 0 Å². The van der Waals surface area contributed by atoms with Crippen molar-refractivity contribution in [2.45, 2.75) is 25.3 Å². The number of amides is 1. The van der Waals surface area contributed by atoms with Gasteiger partial charge < -0.3 is 10.6 Å². The van der Waals surface area contributed by atoms with Crippen LogP contribution in [0.15, 0.2) is 48.0 Å². The first kappa shape index (κ1) is 18.7. The second-order valence-corrected chi connectivity index (χ2v) is 7.90. The molecule has 4 heterocycles. The summed E-state index contributed by atoms with van der Waals surface area (Å²) in [5.74, 6) is -0.191. The van der Waals surface area contributed by atoms with Gasteiger partial charge in [0.2, 0.25) is 0 Å². The molecule has 2 aliphatic heterocycles. The number of hydrogen-bond acceptors (Lipinski definition) is 5. The Balaban J connectivity index is 1.37. The molecule has 2 N–H and O–H groups in total. The van der Waals surface area contributed by atoms with Crippen molar-refractivity contribution in [2.75, 3.05) is 25.0 Å². The van der Waals surface area contributed by atoms with Crippen molar-refractivity contribution >= 4 is 17.3 Å². The van der Waals surface area contributed by atoms with Crippen molar-refractivity contribution in [2.24, 2.45) is 12.0 Å². The van der Waals surface area contributed by atoms with E-state index in [2.05, 4.69) is 38.0 Å². The number of aryl methyl sites for hydroxylation is 1. The lowest BCUT2D eigenvalue weighted by atomic mass is 9.93. The number of rotatable bonds is 4. The first-order valence-corrected chi connectivity index (χ1v) is 10.4. The van der Waals surface area contributed by atoms with Crippen LogP contribution in [0.4, 0.5) is 5.69 Å². The molecule has 0 saturated carbocycles. The van der Waals surface area contributed by atoms with Crippen molar-refractivity contribution in [3.63, 3.8) is 0 Å². The summed E-state index contributed by atoms with van der Waals surface area (Å²) >= 11 is 0. The van der Waals surface area contributed by atoms with Gasteiger partial charge in [-0.15, -0.1) is 0 Å². The number of nitrogens with one attached hydrogen (secondary N) is 2. The Morgan fingerprint density at radius 2 is 2.00 bits per heavy atom. The van der Waals surface area contributed by atoms with Crippen molar-refractivity contribution in [1.29, 1.82) is 0 Å². The molecule has 0 bridgehead atoms. The number of carbonyl (C=O) groups is 1. The predicted octanol–water partition coefficient (Wildman–Crippen LogP) is 2.19. The number of nitrogens with zero attached hydrogens (tertiary/aromatic N) is 5. The van der Waals surface area contributed by atoms with Gasteiger partial charge in [0, 0.05) is 37.1 Å². The van der Waals surface area contributed by atoms with E-state index in [4.69, 9.17) is 0 Å². The summed E-state index contributed by atoms with van der Waals surface area (Å²) in [7, 11) is 1.90. The number of fused-ring (bicyclic) bond motifs is 1. The fourth-order valence-corrected chi connectivity index (χ4v) is 4.20. The highest BCUT2D eigenvalue weighted by molar-refractivity contribution is 6.49. The quantitative estimate of drug-likeness (QED) is 0.699. The van der Waals surface area contributed by atoms with E-state index >= 15 is 0 Å². The lowest BCUT2D eigenvalue weighted by Gasteiger charge is -2.22. The van der Waals surface area contributed by atoms with E-state index in [9.17, 15) is 4.79 Å². The average Bonchev–Trinajstić information content (AvgIpc) is 3.42. The summed E-state index contributed by atoms with van der Waals surface area (Å²) in [6, 6.07) is 6.60. The molecule has 0 radical (unpaired) electrons. The summed E-state index contributed by atoms with van der Waals surface area (Å²) in [6.45, 7) is 2.62. The van der Waals surface area contributed by atoms with Gasteiger partial charge in [0.15, 0.2) is 0 Å². The van der Waals surface area contributed by atoms with E-state index in [1.165, 1.54) is 0 Å². The maximum atomic E-state index is 13.1. The van der Waals surface area contributed by atoms with Crippen LogP contribution in [-0.4, -0.2) is 50.8 Å². The smallest absolute Gasteiger partial charge is 0.274 e. The lowest BCUT2D eigenvalue weighted by molar-refractivity contribution is -0.110. The Kier molecular flexibility index (Phi) is 4.92. The predicted molar refractivity (Wildman–Crippen MR) is 116 cm³/mol. The number of aliphatic imine (C=N–C) groups is 1. The van der Waals surface area contributed by atoms with Crippen molar-refractivity contribution in [1.82, 2.24) is 24.9 Å². The molecule has 30 heavy (non-hydrogen) atoms. The Labute approximate surface area is 175 Å². The Hall–Kier alpha value is -3.26. The van der Waals surface area contributed by atoms with Crippen LogP contribution in [0.1, 0.15) is 30.0 Å². The molecule has 1 fully saturated rings. The van der Waals surface area contributed by atoms with Crippen LogP contribution in [0.5, 0.6) is 0 Å². The molecule has 154 valence electrons. The van der Waals surface area contributed by atoms with E-state index in [-0.39, 0.29) is 5.91 Å². The fraction of sp³-hybridized carbons (Fsp3) is 0.364. The summed E-state index contributed by atoms with van der Waals surface area (Å²) in [5.41, 5.74) is 5.28. The largest absolute Gasteiger partial charge is 0.318 e. The SMILES string of the molecule is Cn1cc(-c2ccc3c(c2)C(C(=O)Nc2cnn(C4CCNCC4)c2)=NCC3)cn1. The fourth-order valence-electron chi connectivity index (χ4n) is 4.20. The third-order valence-corrected chi connectivity index (χ3v) is 5.81. The van der Waals surface area contributed by atoms with Gasteiger partial charge in [0.25, 0.3) is 5.91 Å². The molecule has 8 nitrogen and oxygen atoms in total. The minimum absolute atomic E-state index is 0.191. The number of carbonyl (C=O) groups excluding carboxylic acids is 1. The summed E-state index contributed by atoms with van der Waals surface area (Å²) in [4.78, 5) is 17.6. The summed E-state index contributed by atoms with van der Waals surface area (Å²) in [6.07, 6.45) is 10.4. The van der Waals surface area contributed by atoms with E-state index in [0.29, 0.717) is 24.0 Å². The minimum Gasteiger partial charge on any atom is -0.318 e. The average molecular weight is 403 g/mol. The minimum atomic E-state index is -0.191. The van der Waals surface area contributed by atoms with Gasteiger partial charge in [-0.1, -0.05) is 12.1 Å². The van der Waals surface area contributed by atoms with Crippen molar-refractivity contribution in [3.8, 4) is 11.1 Å². The maximum Gasteiger partial charge on any atom is 0.274 e. The van der Waals surface area contributed by atoms with E-state index in [1.807, 2.05) is 36.4 Å². The second-order valence-electron chi connectivity index (χ2n) is 7.90. The van der Waals surface area contributed by atoms with Gasteiger partial charge in [0.1, 0.15) is 5.71 Å². The normalized spacial score (nSPS) is 16.8. The van der Waals surface area contributed by atoms with E-state index in [1.54, 1.807) is 10.9 Å². The molecule has 2 aliphatic rings. The van der Waals surface area contributed by atoms with Crippen molar-refractivity contribution < 1.29 is 4.79 Å². The third kappa shape index (κ3) is 3.66. The number of hydrogen-bond donors (Lipinski definition) is 2. The Morgan fingerprint density at radius 3 is 2.80 bits per heavy atom. The van der Waals surface area contributed by atoms with Gasteiger partial charge in [-0.3, -0.25) is 19.2 Å². The van der Waals surface area contributed by atoms with Crippen LogP contribution in [0.25, 0.3) is 11.1 Å². The molecule has 1 amide bonds. The highest BCUT2D eigenvalue weighted by Crippen LogP contribution is 2.26. The second kappa shape index (κ2) is 7.87. The molecule has 1 saturated heterocycles. The molecule has 8 heteroatoms. The lowest BCUT2D eigenvalue weighted by Crippen LogP contribution is -2.29. The van der Waals surface area contributed by atoms with Gasteiger partial charge in [-0.25, -0.2) is 0 Å². The van der Waals surface area contributed by atoms with E-state index < -0.39 is 0 Å². The zero-order valence-electron chi connectivity index (χ0n) is 17.0. The van der Waals surface area contributed by atoms with E-state index in [0.717, 1.165) is 54.6 Å². The molecule has 1 aromatic carbocycles. The zero-order chi connectivity index (χ0) is 20.5. The highest BCUT2D eigenvalue weighted by atomic mass is 16.1. The van der Waals surface area contributed by atoms with Crippen LogP contribution >= 0.6 is 0 Å². The number of aromatic nitrogens is 4. The standard InChI is InChI=1S/C22H25N7O/c1-28-13-17(11-25-28)16-3-2-15-4-9-24-21(20(15)10-16)22(30)27-18-12-26-29(14-18)19-5-7-23-8-6-19/h2-3,10-14,19,23H,4-9H2,1H3,(H,27,30). The van der Waals surface area contributed by atoms with Gasteiger partial charge in [-0.05, 0) is 49.5 Å². The highest BCUT2D eigenvalue weighted by Gasteiger charge is 2.23. The van der Waals surface area contributed by atoms with Crippen LogP contribution in [0, 0.1) is 0 Å². The van der Waals surface area contributed by atoms with Gasteiger partial charge in [0.05, 0.1) is 24.1 Å². The molecule has 0 atom stereocenters. The molecule has 0 unspecified atom stereocenters. The summed E-state index contributed by atoms with van der Waals surface area (Å²) in [5, 5.41) is 15.1. The van der Waals surface area contributed by atoms with Crippen LogP contribution in [0.2, 0.25) is 0 Å². The zero-order valence-corrected chi connectivity index (χ0v) is 17.0. The number of benzene rings is 1. The first-order valence-electron chi connectivity index (χ1n) is 10.4. The monoisotopic (exact) mass is 403 g/mol.